The van der Waals surface area contributed by atoms with Crippen molar-refractivity contribution >= 4 is 5.84 Å². The lowest BCUT2D eigenvalue weighted by atomic mass is 9.96. The molecule has 3 unspecified atom stereocenters. The van der Waals surface area contributed by atoms with Crippen molar-refractivity contribution in [2.24, 2.45) is 16.8 Å². The zero-order chi connectivity index (χ0) is 12.3. The molecule has 2 fully saturated rings. The van der Waals surface area contributed by atoms with Crippen molar-refractivity contribution in [2.75, 3.05) is 19.6 Å². The van der Waals surface area contributed by atoms with Crippen molar-refractivity contribution in [1.82, 2.24) is 4.90 Å². The van der Waals surface area contributed by atoms with E-state index in [1.807, 2.05) is 0 Å². The van der Waals surface area contributed by atoms with Crippen LogP contribution in [-0.4, -0.2) is 47.8 Å². The molecule has 17 heavy (non-hydrogen) atoms. The number of oxime groups is 1. The molecule has 0 bridgehead atoms. The van der Waals surface area contributed by atoms with Crippen molar-refractivity contribution in [1.29, 1.82) is 0 Å². The zero-order valence-corrected chi connectivity index (χ0v) is 10.5. The van der Waals surface area contributed by atoms with Crippen molar-refractivity contribution in [3.8, 4) is 0 Å². The Hall–Kier alpha value is -0.810. The Labute approximate surface area is 103 Å². The lowest BCUT2D eigenvalue weighted by molar-refractivity contribution is 0.0250. The number of amidine groups is 1. The fourth-order valence-corrected chi connectivity index (χ4v) is 2.85. The molecule has 3 N–H and O–H groups in total. The van der Waals surface area contributed by atoms with Crippen LogP contribution in [0.1, 0.15) is 32.6 Å². The number of piperidine rings is 1. The minimum absolute atomic E-state index is 0.201. The SMILES string of the molecule is CC1CCC(CN2CCCC(C(N)=NO)C2)O1. The highest BCUT2D eigenvalue weighted by atomic mass is 16.5. The molecule has 98 valence electrons. The lowest BCUT2D eigenvalue weighted by Crippen LogP contribution is -2.44. The summed E-state index contributed by atoms with van der Waals surface area (Å²) in [4.78, 5) is 2.38. The highest BCUT2D eigenvalue weighted by Crippen LogP contribution is 2.23. The molecule has 5 heteroatoms. The molecule has 0 amide bonds. The lowest BCUT2D eigenvalue weighted by Gasteiger charge is -2.33. The van der Waals surface area contributed by atoms with Crippen LogP contribution < -0.4 is 5.73 Å². The van der Waals surface area contributed by atoms with Crippen molar-refractivity contribution in [3.05, 3.63) is 0 Å². The molecule has 2 heterocycles. The van der Waals surface area contributed by atoms with Crippen LogP contribution in [0.5, 0.6) is 0 Å². The Morgan fingerprint density at radius 1 is 1.47 bits per heavy atom. The van der Waals surface area contributed by atoms with Crippen molar-refractivity contribution in [2.45, 2.75) is 44.8 Å². The van der Waals surface area contributed by atoms with Crippen LogP contribution in [-0.2, 0) is 4.74 Å². The number of likely N-dealkylation sites (tertiary alicyclic amines) is 1. The minimum atomic E-state index is 0.201. The van der Waals surface area contributed by atoms with Gasteiger partial charge in [0.05, 0.1) is 12.2 Å². The molecular formula is C12H23N3O2. The van der Waals surface area contributed by atoms with Crippen LogP contribution in [0.25, 0.3) is 0 Å². The van der Waals surface area contributed by atoms with E-state index in [1.165, 1.54) is 6.42 Å². The maximum atomic E-state index is 8.71. The van der Waals surface area contributed by atoms with Crippen molar-refractivity contribution in [3.63, 3.8) is 0 Å². The minimum Gasteiger partial charge on any atom is -0.409 e. The Morgan fingerprint density at radius 2 is 2.29 bits per heavy atom. The van der Waals surface area contributed by atoms with Gasteiger partial charge in [-0.25, -0.2) is 0 Å². The van der Waals surface area contributed by atoms with Crippen molar-refractivity contribution < 1.29 is 9.94 Å². The van der Waals surface area contributed by atoms with Crippen LogP contribution >= 0.6 is 0 Å². The third-order valence-corrected chi connectivity index (χ3v) is 3.82. The second-order valence-corrected chi connectivity index (χ2v) is 5.27. The molecule has 0 spiro atoms. The van der Waals surface area contributed by atoms with Gasteiger partial charge in [0, 0.05) is 19.0 Å². The molecule has 0 aromatic rings. The summed E-state index contributed by atoms with van der Waals surface area (Å²) < 4.78 is 5.83. The fourth-order valence-electron chi connectivity index (χ4n) is 2.85. The molecule has 5 nitrogen and oxygen atoms in total. The van der Waals surface area contributed by atoms with E-state index in [9.17, 15) is 0 Å². The normalized spacial score (nSPS) is 36.3. The summed E-state index contributed by atoms with van der Waals surface area (Å²) in [5.74, 6) is 0.572. The standard InChI is InChI=1S/C12H23N3O2/c1-9-4-5-11(17-9)8-15-6-2-3-10(7-15)12(13)14-16/h9-11,16H,2-8H2,1H3,(H2,13,14). The summed E-state index contributed by atoms with van der Waals surface area (Å²) in [6.45, 7) is 5.11. The van der Waals surface area contributed by atoms with Gasteiger partial charge in [0.25, 0.3) is 0 Å². The topological polar surface area (TPSA) is 71.1 Å². The zero-order valence-electron chi connectivity index (χ0n) is 10.5. The van der Waals surface area contributed by atoms with Gasteiger partial charge in [-0.05, 0) is 39.2 Å². The second kappa shape index (κ2) is 5.69. The molecule has 2 rings (SSSR count). The first kappa shape index (κ1) is 12.6. The van der Waals surface area contributed by atoms with E-state index in [0.717, 1.165) is 38.9 Å². The van der Waals surface area contributed by atoms with E-state index in [2.05, 4.69) is 17.0 Å². The van der Waals surface area contributed by atoms with Gasteiger partial charge >= 0.3 is 0 Å². The molecular weight excluding hydrogens is 218 g/mol. The third-order valence-electron chi connectivity index (χ3n) is 3.82. The largest absolute Gasteiger partial charge is 0.409 e. The second-order valence-electron chi connectivity index (χ2n) is 5.27. The van der Waals surface area contributed by atoms with E-state index in [1.54, 1.807) is 0 Å². The molecule has 2 aliphatic heterocycles. The first-order valence-electron chi connectivity index (χ1n) is 6.54. The summed E-state index contributed by atoms with van der Waals surface area (Å²) in [5, 5.41) is 11.8. The van der Waals surface area contributed by atoms with E-state index < -0.39 is 0 Å². The van der Waals surface area contributed by atoms with Gasteiger partial charge in [0.2, 0.25) is 0 Å². The van der Waals surface area contributed by atoms with Gasteiger partial charge in [-0.2, -0.15) is 0 Å². The summed E-state index contributed by atoms with van der Waals surface area (Å²) in [5.41, 5.74) is 5.68. The summed E-state index contributed by atoms with van der Waals surface area (Å²) in [6.07, 6.45) is 5.24. The Kier molecular flexibility index (Phi) is 4.23. The Bertz CT molecular complexity index is 283. The smallest absolute Gasteiger partial charge is 0.143 e. The van der Waals surface area contributed by atoms with Crippen LogP contribution in [0.15, 0.2) is 5.16 Å². The van der Waals surface area contributed by atoms with Gasteiger partial charge in [0.1, 0.15) is 5.84 Å². The van der Waals surface area contributed by atoms with Crippen LogP contribution in [0.3, 0.4) is 0 Å². The highest BCUT2D eigenvalue weighted by Gasteiger charge is 2.28. The van der Waals surface area contributed by atoms with Gasteiger partial charge in [-0.15, -0.1) is 0 Å². The molecule has 2 saturated heterocycles. The van der Waals surface area contributed by atoms with E-state index in [0.29, 0.717) is 18.0 Å². The van der Waals surface area contributed by atoms with Gasteiger partial charge in [0.15, 0.2) is 0 Å². The average Bonchev–Trinajstić information content (AvgIpc) is 2.74. The fraction of sp³-hybridized carbons (Fsp3) is 0.917. The van der Waals surface area contributed by atoms with Crippen LogP contribution in [0, 0.1) is 5.92 Å². The number of ether oxygens (including phenoxy) is 1. The van der Waals surface area contributed by atoms with E-state index in [-0.39, 0.29) is 5.92 Å². The van der Waals surface area contributed by atoms with Gasteiger partial charge in [-0.3, -0.25) is 0 Å². The third kappa shape index (κ3) is 3.33. The number of nitrogens with two attached hydrogens (primary N) is 1. The van der Waals surface area contributed by atoms with Crippen LogP contribution in [0.4, 0.5) is 0 Å². The summed E-state index contributed by atoms with van der Waals surface area (Å²) in [6, 6.07) is 0. The maximum Gasteiger partial charge on any atom is 0.143 e. The molecule has 2 aliphatic rings. The Morgan fingerprint density at radius 3 is 2.94 bits per heavy atom. The Balaban J connectivity index is 1.81. The van der Waals surface area contributed by atoms with E-state index in [4.69, 9.17) is 15.7 Å². The average molecular weight is 241 g/mol. The molecule has 0 radical (unpaired) electrons. The summed E-state index contributed by atoms with van der Waals surface area (Å²) in [7, 11) is 0. The quantitative estimate of drug-likeness (QED) is 0.335. The highest BCUT2D eigenvalue weighted by molar-refractivity contribution is 5.82. The summed E-state index contributed by atoms with van der Waals surface area (Å²) >= 11 is 0. The van der Waals surface area contributed by atoms with Gasteiger partial charge < -0.3 is 20.6 Å². The maximum absolute atomic E-state index is 8.71. The number of hydrogen-bond donors (Lipinski definition) is 2. The molecule has 0 aromatic carbocycles. The molecule has 0 aliphatic carbocycles. The predicted molar refractivity (Wildman–Crippen MR) is 66.1 cm³/mol. The number of rotatable bonds is 3. The van der Waals surface area contributed by atoms with E-state index >= 15 is 0 Å². The first-order chi connectivity index (χ1) is 8.19. The number of hydrogen-bond acceptors (Lipinski definition) is 4. The number of nitrogens with zero attached hydrogens (tertiary/aromatic N) is 2. The monoisotopic (exact) mass is 241 g/mol. The van der Waals surface area contributed by atoms with Crippen LogP contribution in [0.2, 0.25) is 0 Å². The van der Waals surface area contributed by atoms with Gasteiger partial charge in [-0.1, -0.05) is 5.16 Å². The predicted octanol–water partition coefficient (Wildman–Crippen LogP) is 1.01. The molecule has 0 aromatic heterocycles. The molecule has 3 atom stereocenters. The first-order valence-corrected chi connectivity index (χ1v) is 6.54. The molecule has 0 saturated carbocycles.